The predicted octanol–water partition coefficient (Wildman–Crippen LogP) is 3.27. The van der Waals surface area contributed by atoms with E-state index >= 15 is 0 Å². The zero-order valence-electron chi connectivity index (χ0n) is 12.7. The number of nitriles is 1. The van der Waals surface area contributed by atoms with Crippen molar-refractivity contribution in [2.45, 2.75) is 18.8 Å². The molecule has 1 fully saturated rings. The lowest BCUT2D eigenvalue weighted by Crippen LogP contribution is -2.33. The highest BCUT2D eigenvalue weighted by Crippen LogP contribution is 2.40. The molecule has 0 radical (unpaired) electrons. The van der Waals surface area contributed by atoms with Gasteiger partial charge in [-0.25, -0.2) is 4.85 Å². The molecule has 0 unspecified atom stereocenters. The van der Waals surface area contributed by atoms with E-state index in [2.05, 4.69) is 19.9 Å². The maximum absolute atomic E-state index is 9.01. The Labute approximate surface area is 139 Å². The molecule has 0 amide bonds. The lowest BCUT2D eigenvalue weighted by atomic mass is 9.95. The fraction of sp³-hybridized carbons (Fsp3) is 0.375. The SMILES string of the molecule is [C-]#[N+]c1cc(C#N)cc(Cl)c1N1CCC(c2nncn2C)CC1. The summed E-state index contributed by atoms with van der Waals surface area (Å²) in [7, 11) is 1.95. The van der Waals surface area contributed by atoms with Crippen molar-refractivity contribution in [1.82, 2.24) is 14.8 Å². The van der Waals surface area contributed by atoms with Crippen LogP contribution >= 0.6 is 11.6 Å². The molecule has 116 valence electrons. The van der Waals surface area contributed by atoms with Crippen molar-refractivity contribution in [2.24, 2.45) is 7.05 Å². The molecule has 2 aromatic rings. The second-order valence-electron chi connectivity index (χ2n) is 5.61. The van der Waals surface area contributed by atoms with Crippen molar-refractivity contribution in [3.8, 4) is 6.07 Å². The summed E-state index contributed by atoms with van der Waals surface area (Å²) < 4.78 is 1.96. The Morgan fingerprint density at radius 2 is 2.13 bits per heavy atom. The highest BCUT2D eigenvalue weighted by Gasteiger charge is 2.26. The minimum Gasteiger partial charge on any atom is -0.379 e. The van der Waals surface area contributed by atoms with Gasteiger partial charge in [0.1, 0.15) is 12.2 Å². The van der Waals surface area contributed by atoms with E-state index in [1.54, 1.807) is 18.5 Å². The summed E-state index contributed by atoms with van der Waals surface area (Å²) >= 11 is 6.32. The molecule has 7 heteroatoms. The molecule has 1 aliphatic heterocycles. The van der Waals surface area contributed by atoms with Crippen LogP contribution in [0.1, 0.15) is 30.1 Å². The number of anilines is 1. The molecule has 1 aromatic carbocycles. The van der Waals surface area contributed by atoms with Gasteiger partial charge in [0.15, 0.2) is 0 Å². The molecule has 0 aliphatic carbocycles. The second-order valence-corrected chi connectivity index (χ2v) is 6.02. The Kier molecular flexibility index (Phi) is 4.18. The van der Waals surface area contributed by atoms with Gasteiger partial charge in [0.25, 0.3) is 0 Å². The molecule has 3 rings (SSSR count). The van der Waals surface area contributed by atoms with Gasteiger partial charge in [-0.1, -0.05) is 11.6 Å². The maximum Gasteiger partial charge on any atom is 0.212 e. The Bertz CT molecular complexity index is 805. The molecule has 0 atom stereocenters. The average Bonchev–Trinajstić information content (AvgIpc) is 3.00. The van der Waals surface area contributed by atoms with Crippen LogP contribution in [0.3, 0.4) is 0 Å². The van der Waals surface area contributed by atoms with Crippen molar-refractivity contribution < 1.29 is 0 Å². The largest absolute Gasteiger partial charge is 0.379 e. The molecule has 0 spiro atoms. The molecule has 2 heterocycles. The Morgan fingerprint density at radius 1 is 1.39 bits per heavy atom. The number of benzene rings is 1. The van der Waals surface area contributed by atoms with Crippen LogP contribution in [0.2, 0.25) is 5.02 Å². The smallest absolute Gasteiger partial charge is 0.212 e. The molecule has 0 bridgehead atoms. The van der Waals surface area contributed by atoms with Gasteiger partial charge in [-0.05, 0) is 25.0 Å². The van der Waals surface area contributed by atoms with Crippen LogP contribution in [0.25, 0.3) is 4.85 Å². The lowest BCUT2D eigenvalue weighted by molar-refractivity contribution is 0.474. The number of rotatable bonds is 2. The van der Waals surface area contributed by atoms with Crippen LogP contribution in [-0.2, 0) is 7.05 Å². The minimum atomic E-state index is 0.368. The van der Waals surface area contributed by atoms with E-state index in [9.17, 15) is 0 Å². The van der Waals surface area contributed by atoms with Gasteiger partial charge in [-0.15, -0.1) is 10.2 Å². The van der Waals surface area contributed by atoms with E-state index in [0.717, 1.165) is 37.4 Å². The fourth-order valence-electron chi connectivity index (χ4n) is 3.07. The first-order chi connectivity index (χ1) is 11.1. The van der Waals surface area contributed by atoms with E-state index in [1.807, 2.05) is 17.7 Å². The molecule has 1 aromatic heterocycles. The number of aromatic nitrogens is 3. The summed E-state index contributed by atoms with van der Waals surface area (Å²) in [6, 6.07) is 5.27. The van der Waals surface area contributed by atoms with Crippen LogP contribution in [0.4, 0.5) is 11.4 Å². The molecule has 0 saturated carbocycles. The van der Waals surface area contributed by atoms with Gasteiger partial charge in [0.05, 0.1) is 23.4 Å². The topological polar surface area (TPSA) is 62.1 Å². The normalized spacial score (nSPS) is 15.2. The van der Waals surface area contributed by atoms with E-state index in [0.29, 0.717) is 22.2 Å². The monoisotopic (exact) mass is 326 g/mol. The van der Waals surface area contributed by atoms with Gasteiger partial charge in [0.2, 0.25) is 5.69 Å². The summed E-state index contributed by atoms with van der Waals surface area (Å²) in [5.41, 5.74) is 1.59. The first-order valence-electron chi connectivity index (χ1n) is 7.34. The van der Waals surface area contributed by atoms with E-state index < -0.39 is 0 Å². The summed E-state index contributed by atoms with van der Waals surface area (Å²) in [5.74, 6) is 1.37. The number of hydrogen-bond acceptors (Lipinski definition) is 4. The number of piperidine rings is 1. The number of nitrogens with zero attached hydrogens (tertiary/aromatic N) is 6. The van der Waals surface area contributed by atoms with Crippen molar-refractivity contribution in [2.75, 3.05) is 18.0 Å². The van der Waals surface area contributed by atoms with Crippen molar-refractivity contribution in [3.63, 3.8) is 0 Å². The van der Waals surface area contributed by atoms with Crippen molar-refractivity contribution in [3.05, 3.63) is 46.3 Å². The van der Waals surface area contributed by atoms with E-state index in [-0.39, 0.29) is 0 Å². The summed E-state index contributed by atoms with van der Waals surface area (Å²) in [5, 5.41) is 17.6. The standard InChI is InChI=1S/C16H15ClN6/c1-19-14-8-11(9-18)7-13(17)15(14)23-5-3-12(4-6-23)16-21-20-10-22(16)2/h7-8,10,12H,3-6H2,2H3. The minimum absolute atomic E-state index is 0.368. The Balaban J connectivity index is 1.82. The highest BCUT2D eigenvalue weighted by molar-refractivity contribution is 6.34. The van der Waals surface area contributed by atoms with Gasteiger partial charge in [0, 0.05) is 31.6 Å². The molecular weight excluding hydrogens is 312 g/mol. The van der Waals surface area contributed by atoms with Crippen LogP contribution in [0.5, 0.6) is 0 Å². The van der Waals surface area contributed by atoms with Gasteiger partial charge in [-0.3, -0.25) is 0 Å². The molecule has 1 aliphatic rings. The summed E-state index contributed by atoms with van der Waals surface area (Å²) in [6.45, 7) is 8.96. The Morgan fingerprint density at radius 3 is 2.70 bits per heavy atom. The van der Waals surface area contributed by atoms with Crippen molar-refractivity contribution in [1.29, 1.82) is 5.26 Å². The second kappa shape index (κ2) is 6.28. The van der Waals surface area contributed by atoms with Crippen LogP contribution in [-0.4, -0.2) is 27.9 Å². The van der Waals surface area contributed by atoms with Gasteiger partial charge >= 0.3 is 0 Å². The quantitative estimate of drug-likeness (QED) is 0.795. The van der Waals surface area contributed by atoms with E-state index in [1.165, 1.54) is 0 Å². The van der Waals surface area contributed by atoms with E-state index in [4.69, 9.17) is 23.4 Å². The van der Waals surface area contributed by atoms with Crippen LogP contribution < -0.4 is 4.90 Å². The first kappa shape index (κ1) is 15.3. The van der Waals surface area contributed by atoms with Gasteiger partial charge in [-0.2, -0.15) is 5.26 Å². The first-order valence-corrected chi connectivity index (χ1v) is 7.71. The molecule has 6 nitrogen and oxygen atoms in total. The Hall–Kier alpha value is -2.57. The third-order valence-corrected chi connectivity index (χ3v) is 4.50. The third kappa shape index (κ3) is 2.86. The fourth-order valence-corrected chi connectivity index (χ4v) is 3.40. The van der Waals surface area contributed by atoms with Crippen molar-refractivity contribution >= 4 is 23.0 Å². The average molecular weight is 327 g/mol. The summed E-state index contributed by atoms with van der Waals surface area (Å²) in [4.78, 5) is 5.67. The number of halogens is 1. The predicted molar refractivity (Wildman–Crippen MR) is 87.6 cm³/mol. The zero-order valence-corrected chi connectivity index (χ0v) is 13.5. The molecule has 23 heavy (non-hydrogen) atoms. The van der Waals surface area contributed by atoms with Gasteiger partial charge < -0.3 is 9.47 Å². The maximum atomic E-state index is 9.01. The highest BCUT2D eigenvalue weighted by atomic mass is 35.5. The zero-order chi connectivity index (χ0) is 16.4. The number of aryl methyl sites for hydroxylation is 1. The van der Waals surface area contributed by atoms with Crippen LogP contribution in [0, 0.1) is 17.9 Å². The molecular formula is C16H15ClN6. The lowest BCUT2D eigenvalue weighted by Gasteiger charge is -2.34. The van der Waals surface area contributed by atoms with Crippen LogP contribution in [0.15, 0.2) is 18.5 Å². The third-order valence-electron chi connectivity index (χ3n) is 4.22. The number of hydrogen-bond donors (Lipinski definition) is 0. The molecule has 1 saturated heterocycles. The molecule has 0 N–H and O–H groups in total. The summed E-state index contributed by atoms with van der Waals surface area (Å²) in [6.07, 6.45) is 3.58.